The van der Waals surface area contributed by atoms with E-state index in [-0.39, 0.29) is 21.3 Å². The van der Waals surface area contributed by atoms with Crippen LogP contribution in [-0.4, -0.2) is 48.6 Å². The number of amides is 1. The Morgan fingerprint density at radius 1 is 1.12 bits per heavy atom. The van der Waals surface area contributed by atoms with Gasteiger partial charge in [-0.3, -0.25) is 14.5 Å². The van der Waals surface area contributed by atoms with E-state index in [9.17, 15) is 19.5 Å². The Morgan fingerprint density at radius 3 is 2.64 bits per heavy atom. The van der Waals surface area contributed by atoms with E-state index in [1.54, 1.807) is 55.5 Å². The van der Waals surface area contributed by atoms with Crippen LogP contribution < -0.4 is 14.4 Å². The third-order valence-electron chi connectivity index (χ3n) is 6.96. The fourth-order valence-electron chi connectivity index (χ4n) is 4.88. The Bertz CT molecular complexity index is 1700. The highest BCUT2D eigenvalue weighted by Crippen LogP contribution is 2.45. The van der Waals surface area contributed by atoms with Gasteiger partial charge < -0.3 is 23.7 Å². The lowest BCUT2D eigenvalue weighted by Crippen LogP contribution is -2.31. The van der Waals surface area contributed by atoms with Crippen LogP contribution in [0.15, 0.2) is 64.3 Å². The smallest absolute Gasteiger partial charge is 0.350 e. The highest BCUT2D eigenvalue weighted by Gasteiger charge is 2.47. The van der Waals surface area contributed by atoms with Gasteiger partial charge >= 0.3 is 5.97 Å². The number of aliphatic hydroxyl groups is 1. The minimum absolute atomic E-state index is 0.0757. The number of hydrogen-bond donors (Lipinski definition) is 1. The maximum Gasteiger partial charge on any atom is 0.350 e. The lowest BCUT2D eigenvalue weighted by atomic mass is 9.95. The molecule has 2 aromatic heterocycles. The van der Waals surface area contributed by atoms with Crippen LogP contribution in [0.1, 0.15) is 63.7 Å². The molecule has 0 bridgehead atoms. The van der Waals surface area contributed by atoms with Gasteiger partial charge in [0.25, 0.3) is 5.91 Å². The highest BCUT2D eigenvalue weighted by molar-refractivity contribution is 7.17. The summed E-state index contributed by atoms with van der Waals surface area (Å²) in [5.74, 6) is -1.95. The molecule has 1 aliphatic rings. The number of furan rings is 1. The summed E-state index contributed by atoms with van der Waals surface area (Å²) in [5.41, 5.74) is 1.03. The molecule has 10 nitrogen and oxygen atoms in total. The molecule has 2 aromatic carbocycles. The monoisotopic (exact) mass is 590 g/mol. The van der Waals surface area contributed by atoms with Crippen molar-refractivity contribution >= 4 is 45.1 Å². The number of unbranched alkanes of at least 4 members (excludes halogenated alkanes) is 2. The van der Waals surface area contributed by atoms with Crippen LogP contribution in [0.25, 0.3) is 11.0 Å². The van der Waals surface area contributed by atoms with Gasteiger partial charge in [0.1, 0.15) is 10.6 Å². The lowest BCUT2D eigenvalue weighted by Gasteiger charge is -2.24. The van der Waals surface area contributed by atoms with Crippen molar-refractivity contribution in [1.29, 1.82) is 0 Å². The number of carbonyl (C=O) groups excluding carboxylic acids is 3. The zero-order chi connectivity index (χ0) is 30.0. The number of fused-ring (bicyclic) bond motifs is 1. The number of methoxy groups -OCH3 is 2. The molecule has 1 aliphatic heterocycles. The first-order valence-corrected chi connectivity index (χ1v) is 14.3. The van der Waals surface area contributed by atoms with Gasteiger partial charge in [-0.2, -0.15) is 0 Å². The zero-order valence-corrected chi connectivity index (χ0v) is 24.4. The number of hydrogen-bond acceptors (Lipinski definition) is 10. The summed E-state index contributed by atoms with van der Waals surface area (Å²) in [4.78, 5) is 45.9. The molecular formula is C31H30N2O8S. The number of benzene rings is 2. The van der Waals surface area contributed by atoms with Crippen molar-refractivity contribution in [2.24, 2.45) is 0 Å². The molecule has 0 aliphatic carbocycles. The number of esters is 1. The van der Waals surface area contributed by atoms with Crippen LogP contribution in [0, 0.1) is 6.92 Å². The van der Waals surface area contributed by atoms with Crippen molar-refractivity contribution in [3.05, 3.63) is 81.8 Å². The quantitative estimate of drug-likeness (QED) is 0.121. The summed E-state index contributed by atoms with van der Waals surface area (Å²) in [6.07, 6.45) is 2.95. The topological polar surface area (TPSA) is 128 Å². The third kappa shape index (κ3) is 5.23. The number of ether oxygens (including phenoxy) is 3. The molecule has 1 N–H and O–H groups in total. The summed E-state index contributed by atoms with van der Waals surface area (Å²) in [6.45, 7) is 4.23. The molecule has 1 atom stereocenters. The summed E-state index contributed by atoms with van der Waals surface area (Å²) >= 11 is 0.935. The highest BCUT2D eigenvalue weighted by atomic mass is 32.1. The molecule has 11 heteroatoms. The van der Waals surface area contributed by atoms with Gasteiger partial charge in [0.2, 0.25) is 5.78 Å². The molecule has 1 amide bonds. The van der Waals surface area contributed by atoms with Crippen LogP contribution in [0.4, 0.5) is 5.13 Å². The molecular weight excluding hydrogens is 560 g/mol. The van der Waals surface area contributed by atoms with E-state index in [1.165, 1.54) is 19.1 Å². The van der Waals surface area contributed by atoms with Gasteiger partial charge in [0, 0.05) is 5.39 Å². The van der Waals surface area contributed by atoms with E-state index in [2.05, 4.69) is 11.9 Å². The molecule has 4 aromatic rings. The number of aromatic nitrogens is 1. The minimum atomic E-state index is -1.09. The maximum absolute atomic E-state index is 14.0. The second-order valence-corrected chi connectivity index (χ2v) is 10.7. The van der Waals surface area contributed by atoms with Gasteiger partial charge in [-0.15, -0.1) is 0 Å². The molecule has 218 valence electrons. The van der Waals surface area contributed by atoms with Crippen LogP contribution >= 0.6 is 11.3 Å². The number of aryl methyl sites for hydroxylation is 1. The molecule has 1 unspecified atom stereocenters. The maximum atomic E-state index is 14.0. The first kappa shape index (κ1) is 28.9. The Labute approximate surface area is 246 Å². The summed E-state index contributed by atoms with van der Waals surface area (Å²) in [7, 11) is 2.75. The van der Waals surface area contributed by atoms with E-state index in [4.69, 9.17) is 18.6 Å². The van der Waals surface area contributed by atoms with Crippen molar-refractivity contribution in [2.75, 3.05) is 25.7 Å². The molecule has 5 rings (SSSR count). The first-order chi connectivity index (χ1) is 20.3. The average molecular weight is 591 g/mol. The van der Waals surface area contributed by atoms with E-state index >= 15 is 0 Å². The normalized spacial score (nSPS) is 15.0. The Hall–Kier alpha value is -4.64. The predicted molar refractivity (Wildman–Crippen MR) is 157 cm³/mol. The van der Waals surface area contributed by atoms with Crippen molar-refractivity contribution in [3.63, 3.8) is 0 Å². The van der Waals surface area contributed by atoms with E-state index in [0.29, 0.717) is 40.3 Å². The van der Waals surface area contributed by atoms with Crippen molar-refractivity contribution in [1.82, 2.24) is 4.98 Å². The predicted octanol–water partition coefficient (Wildman–Crippen LogP) is 6.34. The summed E-state index contributed by atoms with van der Waals surface area (Å²) in [5, 5.41) is 11.9. The van der Waals surface area contributed by atoms with Gasteiger partial charge in [-0.25, -0.2) is 9.78 Å². The van der Waals surface area contributed by atoms with Crippen molar-refractivity contribution < 1.29 is 38.1 Å². The van der Waals surface area contributed by atoms with Crippen molar-refractivity contribution in [3.8, 4) is 11.5 Å². The number of anilines is 1. The van der Waals surface area contributed by atoms with E-state index in [1.807, 2.05) is 0 Å². The first-order valence-electron chi connectivity index (χ1n) is 13.4. The standard InChI is InChI=1S/C31H30N2O8S/c1-5-6-7-14-40-20-12-8-10-18(15-20)24-23(25(34)22-16-19-11-9-13-21(38-3)27(19)41-22)26(35)29(36)33(24)31-32-17(2)28(42-31)30(37)39-4/h8-13,15-16,24,35H,5-7,14H2,1-4H3. The van der Waals surface area contributed by atoms with Gasteiger partial charge in [-0.05, 0) is 43.2 Å². The number of rotatable bonds is 11. The Morgan fingerprint density at radius 2 is 1.90 bits per heavy atom. The zero-order valence-electron chi connectivity index (χ0n) is 23.6. The van der Waals surface area contributed by atoms with Crippen LogP contribution in [0.3, 0.4) is 0 Å². The molecule has 0 saturated carbocycles. The Kier molecular flexibility index (Phi) is 8.30. The van der Waals surface area contributed by atoms with Crippen molar-refractivity contribution in [2.45, 2.75) is 39.2 Å². The number of carbonyl (C=O) groups is 3. The van der Waals surface area contributed by atoms with Gasteiger partial charge in [0.05, 0.1) is 38.1 Å². The SMILES string of the molecule is CCCCCOc1cccc(C2C(C(=O)c3cc4cccc(OC)c4o3)=C(O)C(=O)N2c2nc(C)c(C(=O)OC)s2)c1. The average Bonchev–Trinajstić information content (AvgIpc) is 3.68. The number of thiazole rings is 1. The number of aliphatic hydroxyl groups excluding tert-OH is 1. The molecule has 0 radical (unpaired) electrons. The summed E-state index contributed by atoms with van der Waals surface area (Å²) in [6, 6.07) is 12.7. The third-order valence-corrected chi connectivity index (χ3v) is 8.09. The fourth-order valence-corrected chi connectivity index (χ4v) is 5.89. The second kappa shape index (κ2) is 12.1. The second-order valence-electron chi connectivity index (χ2n) is 9.69. The van der Waals surface area contributed by atoms with E-state index < -0.39 is 29.5 Å². The molecule has 42 heavy (non-hydrogen) atoms. The molecule has 3 heterocycles. The van der Waals surface area contributed by atoms with Crippen LogP contribution in [-0.2, 0) is 9.53 Å². The van der Waals surface area contributed by atoms with Gasteiger partial charge in [-0.1, -0.05) is 55.4 Å². The number of para-hydroxylation sites is 1. The number of ketones is 1. The molecule has 0 saturated heterocycles. The fraction of sp³-hybridized carbons (Fsp3) is 0.290. The number of Topliss-reactive ketones (excluding diaryl/α,β-unsaturated/α-hetero) is 1. The Balaban J connectivity index is 1.61. The van der Waals surface area contributed by atoms with Gasteiger partial charge in [0.15, 0.2) is 28.0 Å². The lowest BCUT2D eigenvalue weighted by molar-refractivity contribution is -0.117. The molecule has 0 spiro atoms. The van der Waals surface area contributed by atoms with E-state index in [0.717, 1.165) is 30.6 Å². The minimum Gasteiger partial charge on any atom is -0.503 e. The van der Waals surface area contributed by atoms with Crippen LogP contribution in [0.5, 0.6) is 11.5 Å². The largest absolute Gasteiger partial charge is 0.503 e. The number of nitrogens with zero attached hydrogens (tertiary/aromatic N) is 2. The van der Waals surface area contributed by atoms with Crippen LogP contribution in [0.2, 0.25) is 0 Å². The molecule has 0 fully saturated rings. The summed E-state index contributed by atoms with van der Waals surface area (Å²) < 4.78 is 22.1.